The molecule has 0 unspecified atom stereocenters. The van der Waals surface area contributed by atoms with E-state index in [9.17, 15) is 14.4 Å². The third-order valence-corrected chi connectivity index (χ3v) is 5.59. The average Bonchev–Trinajstić information content (AvgIpc) is 2.70. The summed E-state index contributed by atoms with van der Waals surface area (Å²) < 4.78 is 7.23. The molecule has 0 radical (unpaired) electrons. The number of carbonyl (C=O) groups is 2. The second-order valence-electron chi connectivity index (χ2n) is 6.63. The van der Waals surface area contributed by atoms with Gasteiger partial charge in [0.1, 0.15) is 6.54 Å². The number of aryl methyl sites for hydroxylation is 1. The molecule has 1 amide bonds. The molecule has 1 N–H and O–H groups in total. The van der Waals surface area contributed by atoms with E-state index in [1.54, 1.807) is 44.2 Å². The molecule has 2 aromatic carbocycles. The molecule has 150 valence electrons. The molecule has 0 aliphatic heterocycles. The number of nitrogens with one attached hydrogen (secondary N) is 1. The van der Waals surface area contributed by atoms with E-state index < -0.39 is 5.97 Å². The van der Waals surface area contributed by atoms with Crippen LogP contribution in [0.5, 0.6) is 0 Å². The fraction of sp³-hybridized carbons (Fsp3) is 0.227. The summed E-state index contributed by atoms with van der Waals surface area (Å²) in [5.74, 6) is -0.641. The van der Waals surface area contributed by atoms with Gasteiger partial charge < -0.3 is 14.6 Å². The van der Waals surface area contributed by atoms with E-state index in [2.05, 4.69) is 21.2 Å². The molecule has 0 atom stereocenters. The number of carbonyl (C=O) groups excluding carboxylic acids is 2. The Kier molecular flexibility index (Phi) is 6.17. The van der Waals surface area contributed by atoms with E-state index in [1.807, 2.05) is 23.6 Å². The molecule has 3 aromatic rings. The van der Waals surface area contributed by atoms with E-state index >= 15 is 0 Å². The van der Waals surface area contributed by atoms with Crippen molar-refractivity contribution in [1.29, 1.82) is 0 Å². The fourth-order valence-corrected chi connectivity index (χ4v) is 3.64. The number of fused-ring (bicyclic) bond motifs is 1. The molecule has 1 heterocycles. The first-order valence-electron chi connectivity index (χ1n) is 9.18. The van der Waals surface area contributed by atoms with Gasteiger partial charge in [-0.3, -0.25) is 9.59 Å². The lowest BCUT2D eigenvalue weighted by Crippen LogP contribution is -2.23. The van der Waals surface area contributed by atoms with Crippen LogP contribution in [0, 0.1) is 13.8 Å². The quantitative estimate of drug-likeness (QED) is 0.583. The topological polar surface area (TPSA) is 77.4 Å². The molecule has 0 spiro atoms. The lowest BCUT2D eigenvalue weighted by molar-refractivity contribution is -0.116. The van der Waals surface area contributed by atoms with E-state index in [0.29, 0.717) is 33.4 Å². The van der Waals surface area contributed by atoms with E-state index in [0.717, 1.165) is 11.1 Å². The van der Waals surface area contributed by atoms with Crippen LogP contribution < -0.4 is 10.7 Å². The smallest absolute Gasteiger partial charge is 0.338 e. The number of benzene rings is 2. The number of aromatic nitrogens is 1. The number of hydrogen-bond acceptors (Lipinski definition) is 4. The highest BCUT2D eigenvalue weighted by molar-refractivity contribution is 9.10. The Balaban J connectivity index is 1.87. The summed E-state index contributed by atoms with van der Waals surface area (Å²) in [5, 5.41) is 3.39. The van der Waals surface area contributed by atoms with Crippen molar-refractivity contribution in [3.8, 4) is 0 Å². The molecule has 0 bridgehead atoms. The third-order valence-electron chi connectivity index (χ3n) is 4.66. The predicted octanol–water partition coefficient (Wildman–Crippen LogP) is 4.20. The fourth-order valence-electron chi connectivity index (χ4n) is 3.22. The zero-order valence-corrected chi connectivity index (χ0v) is 18.0. The SMILES string of the molecule is CCOC(=O)c1ccc(NC(=O)Cn2c(C)c(Br)c(=O)c3cccc(C)c32)cc1. The Morgan fingerprint density at radius 1 is 1.10 bits per heavy atom. The molecule has 0 saturated heterocycles. The van der Waals surface area contributed by atoms with Crippen LogP contribution >= 0.6 is 15.9 Å². The number of rotatable bonds is 5. The number of esters is 1. The number of amides is 1. The normalized spacial score (nSPS) is 10.8. The van der Waals surface area contributed by atoms with Crippen molar-refractivity contribution in [3.05, 3.63) is 74.0 Å². The Bertz CT molecular complexity index is 1150. The van der Waals surface area contributed by atoms with Gasteiger partial charge in [0.15, 0.2) is 0 Å². The molecule has 3 rings (SSSR count). The van der Waals surface area contributed by atoms with Crippen LogP contribution in [0.2, 0.25) is 0 Å². The van der Waals surface area contributed by atoms with Crippen LogP contribution in [-0.2, 0) is 16.1 Å². The Hall–Kier alpha value is -2.93. The van der Waals surface area contributed by atoms with Gasteiger partial charge in [-0.2, -0.15) is 0 Å². The maximum Gasteiger partial charge on any atom is 0.338 e. The van der Waals surface area contributed by atoms with Crippen LogP contribution in [-0.4, -0.2) is 23.1 Å². The lowest BCUT2D eigenvalue weighted by Gasteiger charge is -2.17. The number of para-hydroxylation sites is 1. The van der Waals surface area contributed by atoms with Gasteiger partial charge in [-0.25, -0.2) is 4.79 Å². The molecule has 7 heteroatoms. The largest absolute Gasteiger partial charge is 0.462 e. The summed E-state index contributed by atoms with van der Waals surface area (Å²) in [6.45, 7) is 5.82. The zero-order valence-electron chi connectivity index (χ0n) is 16.4. The number of pyridine rings is 1. The van der Waals surface area contributed by atoms with Crippen LogP contribution in [0.25, 0.3) is 10.9 Å². The van der Waals surface area contributed by atoms with Gasteiger partial charge >= 0.3 is 5.97 Å². The minimum Gasteiger partial charge on any atom is -0.462 e. The zero-order chi connectivity index (χ0) is 21.1. The minimum atomic E-state index is -0.402. The van der Waals surface area contributed by atoms with Crippen LogP contribution in [0.15, 0.2) is 51.7 Å². The van der Waals surface area contributed by atoms with E-state index in [4.69, 9.17) is 4.74 Å². The van der Waals surface area contributed by atoms with Gasteiger partial charge in [-0.1, -0.05) is 12.1 Å². The highest BCUT2D eigenvalue weighted by atomic mass is 79.9. The summed E-state index contributed by atoms with van der Waals surface area (Å²) in [7, 11) is 0. The van der Waals surface area contributed by atoms with Gasteiger partial charge in [0.25, 0.3) is 0 Å². The lowest BCUT2D eigenvalue weighted by atomic mass is 10.1. The number of ether oxygens (including phenoxy) is 1. The highest BCUT2D eigenvalue weighted by Gasteiger charge is 2.16. The second-order valence-corrected chi connectivity index (χ2v) is 7.42. The third kappa shape index (κ3) is 4.24. The molecule has 1 aromatic heterocycles. The van der Waals surface area contributed by atoms with Gasteiger partial charge in [0, 0.05) is 16.8 Å². The number of halogens is 1. The van der Waals surface area contributed by atoms with Crippen molar-refractivity contribution >= 4 is 44.4 Å². The first kappa shape index (κ1) is 20.8. The maximum atomic E-state index is 12.7. The van der Waals surface area contributed by atoms with E-state index in [1.165, 1.54) is 0 Å². The van der Waals surface area contributed by atoms with Crippen molar-refractivity contribution in [1.82, 2.24) is 4.57 Å². The molecular formula is C22H21BrN2O4. The maximum absolute atomic E-state index is 12.7. The number of hydrogen-bond donors (Lipinski definition) is 1. The second kappa shape index (κ2) is 8.61. The van der Waals surface area contributed by atoms with Gasteiger partial charge in [0.2, 0.25) is 11.3 Å². The van der Waals surface area contributed by atoms with Gasteiger partial charge in [-0.05, 0) is 72.6 Å². The van der Waals surface area contributed by atoms with Gasteiger partial charge in [0.05, 0.1) is 22.2 Å². The average molecular weight is 457 g/mol. The molecule has 6 nitrogen and oxygen atoms in total. The van der Waals surface area contributed by atoms with Crippen molar-refractivity contribution in [3.63, 3.8) is 0 Å². The van der Waals surface area contributed by atoms with Crippen molar-refractivity contribution in [2.75, 3.05) is 11.9 Å². The Labute approximate surface area is 176 Å². The molecule has 0 saturated carbocycles. The first-order chi connectivity index (χ1) is 13.8. The van der Waals surface area contributed by atoms with Crippen LogP contribution in [0.4, 0.5) is 5.69 Å². The van der Waals surface area contributed by atoms with Crippen molar-refractivity contribution in [2.24, 2.45) is 0 Å². The van der Waals surface area contributed by atoms with Gasteiger partial charge in [-0.15, -0.1) is 0 Å². The molecule has 0 aliphatic carbocycles. The summed E-state index contributed by atoms with van der Waals surface area (Å²) >= 11 is 3.36. The first-order valence-corrected chi connectivity index (χ1v) is 9.98. The Morgan fingerprint density at radius 3 is 2.45 bits per heavy atom. The predicted molar refractivity (Wildman–Crippen MR) is 116 cm³/mol. The Morgan fingerprint density at radius 2 is 1.79 bits per heavy atom. The summed E-state index contributed by atoms with van der Waals surface area (Å²) in [4.78, 5) is 37.0. The summed E-state index contributed by atoms with van der Waals surface area (Å²) in [5.41, 5.74) is 3.25. The van der Waals surface area contributed by atoms with Crippen molar-refractivity contribution < 1.29 is 14.3 Å². The highest BCUT2D eigenvalue weighted by Crippen LogP contribution is 2.22. The number of nitrogens with zero attached hydrogens (tertiary/aromatic N) is 1. The standard InChI is InChI=1S/C22H21BrN2O4/c1-4-29-22(28)15-8-10-16(11-9-15)24-18(26)12-25-14(3)19(23)21(27)17-7-5-6-13(2)20(17)25/h5-11H,4,12H2,1-3H3,(H,24,26). The molecule has 0 fully saturated rings. The molecular weight excluding hydrogens is 436 g/mol. The summed E-state index contributed by atoms with van der Waals surface area (Å²) in [6, 6.07) is 12.0. The minimum absolute atomic E-state index is 0.0473. The molecule has 29 heavy (non-hydrogen) atoms. The monoisotopic (exact) mass is 456 g/mol. The van der Waals surface area contributed by atoms with E-state index in [-0.39, 0.29) is 17.9 Å². The van der Waals surface area contributed by atoms with Crippen molar-refractivity contribution in [2.45, 2.75) is 27.3 Å². The van der Waals surface area contributed by atoms with Crippen LogP contribution in [0.3, 0.4) is 0 Å². The van der Waals surface area contributed by atoms with Crippen LogP contribution in [0.1, 0.15) is 28.5 Å². The summed E-state index contributed by atoms with van der Waals surface area (Å²) in [6.07, 6.45) is 0. The number of anilines is 1. The molecule has 0 aliphatic rings.